The van der Waals surface area contributed by atoms with Crippen molar-refractivity contribution in [3.05, 3.63) is 52.2 Å². The fourth-order valence-corrected chi connectivity index (χ4v) is 2.86. The molecule has 0 bridgehead atoms. The maximum absolute atomic E-state index is 6.05. The van der Waals surface area contributed by atoms with E-state index in [4.69, 9.17) is 5.73 Å². The summed E-state index contributed by atoms with van der Waals surface area (Å²) in [6.07, 6.45) is 0.978. The summed E-state index contributed by atoms with van der Waals surface area (Å²) >= 11 is 1.81. The van der Waals surface area contributed by atoms with Crippen molar-refractivity contribution >= 4 is 17.0 Å². The standard InChI is InChI=1S/C16H22N2S/c1-3-16(17)13-7-9-14(10-8-13)18(4-2)12-15-6-5-11-19-15/h5-11,16H,3-4,12,17H2,1-2H3/t16-/m1/s1. The van der Waals surface area contributed by atoms with Gasteiger partial charge in [-0.2, -0.15) is 0 Å². The molecule has 2 N–H and O–H groups in total. The normalized spacial score (nSPS) is 12.4. The van der Waals surface area contributed by atoms with Crippen LogP contribution in [-0.4, -0.2) is 6.54 Å². The third-order valence-corrected chi connectivity index (χ3v) is 4.30. The van der Waals surface area contributed by atoms with Gasteiger partial charge in [0.2, 0.25) is 0 Å². The minimum absolute atomic E-state index is 0.154. The average molecular weight is 274 g/mol. The lowest BCUT2D eigenvalue weighted by Gasteiger charge is -2.23. The minimum Gasteiger partial charge on any atom is -0.367 e. The molecule has 0 aliphatic heterocycles. The largest absolute Gasteiger partial charge is 0.367 e. The van der Waals surface area contributed by atoms with E-state index in [0.29, 0.717) is 0 Å². The van der Waals surface area contributed by atoms with Crippen LogP contribution in [-0.2, 0) is 6.54 Å². The van der Waals surface area contributed by atoms with Gasteiger partial charge in [-0.1, -0.05) is 25.1 Å². The van der Waals surface area contributed by atoms with Crippen molar-refractivity contribution in [1.82, 2.24) is 0 Å². The monoisotopic (exact) mass is 274 g/mol. The highest BCUT2D eigenvalue weighted by atomic mass is 32.1. The van der Waals surface area contributed by atoms with Gasteiger partial charge in [-0.25, -0.2) is 0 Å². The molecule has 0 fully saturated rings. The van der Waals surface area contributed by atoms with E-state index in [1.165, 1.54) is 16.1 Å². The number of nitrogens with two attached hydrogens (primary N) is 1. The van der Waals surface area contributed by atoms with Crippen molar-refractivity contribution in [2.75, 3.05) is 11.4 Å². The molecule has 2 rings (SSSR count). The zero-order valence-electron chi connectivity index (χ0n) is 11.7. The molecule has 1 atom stereocenters. The van der Waals surface area contributed by atoms with Crippen LogP contribution in [0.2, 0.25) is 0 Å². The summed E-state index contributed by atoms with van der Waals surface area (Å²) in [7, 11) is 0. The quantitative estimate of drug-likeness (QED) is 0.856. The number of hydrogen-bond donors (Lipinski definition) is 1. The molecule has 0 saturated heterocycles. The average Bonchev–Trinajstić information content (AvgIpc) is 2.97. The van der Waals surface area contributed by atoms with E-state index in [1.54, 1.807) is 0 Å². The van der Waals surface area contributed by atoms with Gasteiger partial charge in [0.05, 0.1) is 6.54 Å². The Morgan fingerprint density at radius 3 is 2.42 bits per heavy atom. The summed E-state index contributed by atoms with van der Waals surface area (Å²) in [5, 5.41) is 2.13. The molecule has 3 heteroatoms. The molecule has 1 heterocycles. The molecule has 0 spiro atoms. The Hall–Kier alpha value is -1.32. The molecule has 19 heavy (non-hydrogen) atoms. The molecule has 0 amide bonds. The predicted molar refractivity (Wildman–Crippen MR) is 84.7 cm³/mol. The van der Waals surface area contributed by atoms with Crippen LogP contribution in [0.1, 0.15) is 36.8 Å². The Balaban J connectivity index is 2.10. The first-order valence-corrected chi connectivity index (χ1v) is 7.75. The van der Waals surface area contributed by atoms with Gasteiger partial charge >= 0.3 is 0 Å². The molecule has 2 aromatic rings. The van der Waals surface area contributed by atoms with Gasteiger partial charge in [0.15, 0.2) is 0 Å². The van der Waals surface area contributed by atoms with E-state index >= 15 is 0 Å². The third kappa shape index (κ3) is 3.58. The highest BCUT2D eigenvalue weighted by molar-refractivity contribution is 7.09. The van der Waals surface area contributed by atoms with Crippen LogP contribution < -0.4 is 10.6 Å². The van der Waals surface area contributed by atoms with Crippen LogP contribution >= 0.6 is 11.3 Å². The SMILES string of the molecule is CC[C@@H](N)c1ccc(N(CC)Cc2cccs2)cc1. The molecule has 0 aliphatic rings. The fourth-order valence-electron chi connectivity index (χ4n) is 2.14. The lowest BCUT2D eigenvalue weighted by Crippen LogP contribution is -2.21. The van der Waals surface area contributed by atoms with Gasteiger partial charge in [0.1, 0.15) is 0 Å². The highest BCUT2D eigenvalue weighted by Crippen LogP contribution is 2.22. The zero-order chi connectivity index (χ0) is 13.7. The Labute approximate surface area is 119 Å². The van der Waals surface area contributed by atoms with Crippen LogP contribution in [0.3, 0.4) is 0 Å². The highest BCUT2D eigenvalue weighted by Gasteiger charge is 2.08. The number of nitrogens with zero attached hydrogens (tertiary/aromatic N) is 1. The van der Waals surface area contributed by atoms with Gasteiger partial charge in [-0.15, -0.1) is 11.3 Å². The smallest absolute Gasteiger partial charge is 0.0522 e. The Kier molecular flexibility index (Phi) is 5.00. The van der Waals surface area contributed by atoms with Crippen molar-refractivity contribution in [2.45, 2.75) is 32.9 Å². The summed E-state index contributed by atoms with van der Waals surface area (Å²) < 4.78 is 0. The molecule has 0 aliphatic carbocycles. The molecule has 0 radical (unpaired) electrons. The number of benzene rings is 1. The second-order valence-corrected chi connectivity index (χ2v) is 5.73. The Morgan fingerprint density at radius 1 is 1.16 bits per heavy atom. The zero-order valence-corrected chi connectivity index (χ0v) is 12.5. The van der Waals surface area contributed by atoms with Crippen LogP contribution in [0.25, 0.3) is 0 Å². The first kappa shape index (κ1) is 14.1. The summed E-state index contributed by atoms with van der Waals surface area (Å²) in [5.74, 6) is 0. The maximum atomic E-state index is 6.05. The van der Waals surface area contributed by atoms with Crippen LogP contribution in [0.4, 0.5) is 5.69 Å². The summed E-state index contributed by atoms with van der Waals surface area (Å²) in [6.45, 7) is 6.30. The van der Waals surface area contributed by atoms with E-state index < -0.39 is 0 Å². The molecule has 0 saturated carbocycles. The lowest BCUT2D eigenvalue weighted by atomic mass is 10.1. The van der Waals surface area contributed by atoms with Gasteiger partial charge < -0.3 is 10.6 Å². The number of anilines is 1. The van der Waals surface area contributed by atoms with E-state index in [2.05, 4.69) is 60.5 Å². The van der Waals surface area contributed by atoms with Crippen molar-refractivity contribution < 1.29 is 0 Å². The minimum atomic E-state index is 0.154. The maximum Gasteiger partial charge on any atom is 0.0522 e. The lowest BCUT2D eigenvalue weighted by molar-refractivity contribution is 0.698. The van der Waals surface area contributed by atoms with Crippen LogP contribution in [0.5, 0.6) is 0 Å². The van der Waals surface area contributed by atoms with Crippen LogP contribution in [0, 0.1) is 0 Å². The first-order valence-electron chi connectivity index (χ1n) is 6.87. The fraction of sp³-hybridized carbons (Fsp3) is 0.375. The van der Waals surface area contributed by atoms with Gasteiger partial charge in [0, 0.05) is 23.2 Å². The predicted octanol–water partition coefficient (Wildman–Crippen LogP) is 4.18. The summed E-state index contributed by atoms with van der Waals surface area (Å²) in [6, 6.07) is 13.1. The van der Waals surface area contributed by atoms with Crippen molar-refractivity contribution in [3.63, 3.8) is 0 Å². The summed E-state index contributed by atoms with van der Waals surface area (Å²) in [5.41, 5.74) is 8.54. The molecule has 0 unspecified atom stereocenters. The number of rotatable bonds is 6. The van der Waals surface area contributed by atoms with Gasteiger partial charge in [0.25, 0.3) is 0 Å². The molecule has 1 aromatic heterocycles. The van der Waals surface area contributed by atoms with Crippen molar-refractivity contribution in [1.29, 1.82) is 0 Å². The topological polar surface area (TPSA) is 29.3 Å². The third-order valence-electron chi connectivity index (χ3n) is 3.43. The molecule has 1 aromatic carbocycles. The van der Waals surface area contributed by atoms with Gasteiger partial charge in [-0.05, 0) is 42.5 Å². The van der Waals surface area contributed by atoms with Crippen molar-refractivity contribution in [3.8, 4) is 0 Å². The second kappa shape index (κ2) is 6.73. The summed E-state index contributed by atoms with van der Waals surface area (Å²) in [4.78, 5) is 3.78. The second-order valence-electron chi connectivity index (χ2n) is 4.70. The Morgan fingerprint density at radius 2 is 1.89 bits per heavy atom. The molecule has 2 nitrogen and oxygen atoms in total. The van der Waals surface area contributed by atoms with Crippen molar-refractivity contribution in [2.24, 2.45) is 5.73 Å². The van der Waals surface area contributed by atoms with Gasteiger partial charge in [-0.3, -0.25) is 0 Å². The van der Waals surface area contributed by atoms with Crippen LogP contribution in [0.15, 0.2) is 41.8 Å². The van der Waals surface area contributed by atoms with E-state index in [0.717, 1.165) is 19.5 Å². The molecular weight excluding hydrogens is 252 g/mol. The number of hydrogen-bond acceptors (Lipinski definition) is 3. The first-order chi connectivity index (χ1) is 9.24. The molecular formula is C16H22N2S. The Bertz CT molecular complexity index is 476. The number of thiophene rings is 1. The van der Waals surface area contributed by atoms with E-state index in [9.17, 15) is 0 Å². The molecule has 102 valence electrons. The van der Waals surface area contributed by atoms with E-state index in [-0.39, 0.29) is 6.04 Å². The van der Waals surface area contributed by atoms with E-state index in [1.807, 2.05) is 11.3 Å².